The average molecular weight is 488 g/mol. The molecular formula is C24H27ClFN5O3. The Kier molecular flexibility index (Phi) is 9.12. The van der Waals surface area contributed by atoms with Gasteiger partial charge in [0.1, 0.15) is 11.6 Å². The highest BCUT2D eigenvalue weighted by atomic mass is 35.5. The van der Waals surface area contributed by atoms with Gasteiger partial charge in [0.05, 0.1) is 29.8 Å². The minimum absolute atomic E-state index is 0.00470. The van der Waals surface area contributed by atoms with Crippen molar-refractivity contribution in [2.24, 2.45) is 0 Å². The van der Waals surface area contributed by atoms with Gasteiger partial charge in [-0.05, 0) is 37.6 Å². The number of benzene rings is 1. The van der Waals surface area contributed by atoms with E-state index in [0.717, 1.165) is 6.42 Å². The van der Waals surface area contributed by atoms with Crippen LogP contribution in [0.1, 0.15) is 37.6 Å². The summed E-state index contributed by atoms with van der Waals surface area (Å²) in [6, 6.07) is 6.04. The second kappa shape index (κ2) is 12.2. The van der Waals surface area contributed by atoms with E-state index in [0.29, 0.717) is 47.4 Å². The molecule has 3 aromatic rings. The molecule has 1 saturated heterocycles. The Labute approximate surface area is 202 Å². The Hall–Kier alpha value is -3.30. The summed E-state index contributed by atoms with van der Waals surface area (Å²) in [5.74, 6) is -0.111. The van der Waals surface area contributed by atoms with Crippen LogP contribution >= 0.6 is 11.6 Å². The molecule has 0 amide bonds. The first-order valence-corrected chi connectivity index (χ1v) is 11.5. The van der Waals surface area contributed by atoms with Gasteiger partial charge in [-0.15, -0.1) is 0 Å². The third-order valence-electron chi connectivity index (χ3n) is 4.80. The summed E-state index contributed by atoms with van der Waals surface area (Å²) in [6.45, 7) is 7.24. The highest BCUT2D eigenvalue weighted by Crippen LogP contribution is 2.30. The number of anilines is 3. The van der Waals surface area contributed by atoms with Crippen molar-refractivity contribution < 1.29 is 18.7 Å². The van der Waals surface area contributed by atoms with E-state index < -0.39 is 11.8 Å². The third-order valence-corrected chi connectivity index (χ3v) is 5.09. The molecule has 1 aliphatic heterocycles. The van der Waals surface area contributed by atoms with Crippen LogP contribution in [0.3, 0.4) is 0 Å². The normalized spacial score (nSPS) is 14.7. The molecule has 1 aliphatic rings. The Morgan fingerprint density at radius 1 is 1.26 bits per heavy atom. The maximum absolute atomic E-state index is 13.5. The number of esters is 1. The number of hydrogen-bond donors (Lipinski definition) is 2. The first-order chi connectivity index (χ1) is 16.5. The van der Waals surface area contributed by atoms with Crippen molar-refractivity contribution in [3.63, 3.8) is 0 Å². The van der Waals surface area contributed by atoms with Crippen LogP contribution in [0.4, 0.5) is 21.8 Å². The Morgan fingerprint density at radius 3 is 2.79 bits per heavy atom. The zero-order valence-corrected chi connectivity index (χ0v) is 20.0. The number of carbonyl (C=O) groups excluding carboxylic acids is 1. The van der Waals surface area contributed by atoms with E-state index in [2.05, 4.69) is 25.6 Å². The number of nitrogens with one attached hydrogen (secondary N) is 2. The van der Waals surface area contributed by atoms with Crippen LogP contribution in [0.5, 0.6) is 0 Å². The smallest absolute Gasteiger partial charge is 0.339 e. The predicted molar refractivity (Wildman–Crippen MR) is 130 cm³/mol. The van der Waals surface area contributed by atoms with Crippen LogP contribution in [0, 0.1) is 5.82 Å². The van der Waals surface area contributed by atoms with Crippen molar-refractivity contribution in [2.45, 2.75) is 33.2 Å². The van der Waals surface area contributed by atoms with Gasteiger partial charge >= 0.3 is 5.97 Å². The number of rotatable bonds is 7. The molecule has 34 heavy (non-hydrogen) atoms. The van der Waals surface area contributed by atoms with E-state index in [9.17, 15) is 9.18 Å². The molecule has 2 aromatic heterocycles. The first kappa shape index (κ1) is 25.3. The lowest BCUT2D eigenvalue weighted by Crippen LogP contribution is -2.20. The van der Waals surface area contributed by atoms with Crippen molar-refractivity contribution in [1.82, 2.24) is 15.0 Å². The van der Waals surface area contributed by atoms with Crippen molar-refractivity contribution >= 4 is 35.0 Å². The standard InChI is InChI=1S/C22H21ClFN5O3.C2H6/c1-2-32-21(30)14-7-13(9-25-10-14)17-11-26-22(28-15-3-4-19(24)18(23)8-15)29-20(17)27-16-5-6-31-12-16;1-2/h3-4,7-11,16H,2,5-6,12H2,1H3,(H2,26,27,28,29);1-2H3/t16-;/m1./s1. The minimum atomic E-state index is -0.508. The summed E-state index contributed by atoms with van der Waals surface area (Å²) in [5, 5.41) is 6.41. The molecule has 2 N–H and O–H groups in total. The van der Waals surface area contributed by atoms with Crippen LogP contribution in [0.2, 0.25) is 5.02 Å². The summed E-state index contributed by atoms with van der Waals surface area (Å²) in [4.78, 5) is 25.3. The number of carbonyl (C=O) groups is 1. The fourth-order valence-electron chi connectivity index (χ4n) is 3.22. The van der Waals surface area contributed by atoms with Crippen molar-refractivity contribution in [3.8, 4) is 11.1 Å². The van der Waals surface area contributed by atoms with Gasteiger partial charge in [-0.25, -0.2) is 14.2 Å². The number of pyridine rings is 1. The van der Waals surface area contributed by atoms with Crippen molar-refractivity contribution in [3.05, 3.63) is 59.3 Å². The van der Waals surface area contributed by atoms with Gasteiger partial charge in [-0.1, -0.05) is 25.4 Å². The monoisotopic (exact) mass is 487 g/mol. The number of ether oxygens (including phenoxy) is 2. The van der Waals surface area contributed by atoms with Crippen LogP contribution in [0.15, 0.2) is 42.9 Å². The van der Waals surface area contributed by atoms with Gasteiger partial charge in [0, 0.05) is 42.0 Å². The Morgan fingerprint density at radius 2 is 2.09 bits per heavy atom. The van der Waals surface area contributed by atoms with E-state index in [1.807, 2.05) is 13.8 Å². The van der Waals surface area contributed by atoms with Crippen molar-refractivity contribution in [1.29, 1.82) is 0 Å². The van der Waals surface area contributed by atoms with Gasteiger partial charge in [0.2, 0.25) is 5.95 Å². The highest BCUT2D eigenvalue weighted by molar-refractivity contribution is 6.31. The molecule has 0 spiro atoms. The fourth-order valence-corrected chi connectivity index (χ4v) is 3.40. The maximum Gasteiger partial charge on any atom is 0.339 e. The summed E-state index contributed by atoms with van der Waals surface area (Å²) in [7, 11) is 0. The molecule has 0 unspecified atom stereocenters. The van der Waals surface area contributed by atoms with Crippen LogP contribution in [-0.2, 0) is 9.47 Å². The van der Waals surface area contributed by atoms with Gasteiger partial charge in [0.25, 0.3) is 0 Å². The number of hydrogen-bond acceptors (Lipinski definition) is 8. The zero-order chi connectivity index (χ0) is 24.5. The SMILES string of the molecule is CC.CCOC(=O)c1cncc(-c2cnc(Nc3ccc(F)c(Cl)c3)nc2N[C@@H]2CCOC2)c1. The molecule has 4 rings (SSSR count). The van der Waals surface area contributed by atoms with Crippen LogP contribution in [0.25, 0.3) is 11.1 Å². The largest absolute Gasteiger partial charge is 0.462 e. The molecule has 0 radical (unpaired) electrons. The second-order valence-corrected chi connectivity index (χ2v) is 7.50. The number of nitrogens with zero attached hydrogens (tertiary/aromatic N) is 3. The average Bonchev–Trinajstić information content (AvgIpc) is 3.36. The van der Waals surface area contributed by atoms with E-state index in [1.54, 1.807) is 31.5 Å². The molecule has 8 nitrogen and oxygen atoms in total. The van der Waals surface area contributed by atoms with E-state index in [4.69, 9.17) is 21.1 Å². The lowest BCUT2D eigenvalue weighted by atomic mass is 10.1. The second-order valence-electron chi connectivity index (χ2n) is 7.10. The quantitative estimate of drug-likeness (QED) is 0.423. The minimum Gasteiger partial charge on any atom is -0.462 e. The number of halogens is 2. The highest BCUT2D eigenvalue weighted by Gasteiger charge is 2.20. The Balaban J connectivity index is 0.00000158. The van der Waals surface area contributed by atoms with Crippen LogP contribution < -0.4 is 10.6 Å². The summed E-state index contributed by atoms with van der Waals surface area (Å²) < 4.78 is 24.0. The molecular weight excluding hydrogens is 461 g/mol. The topological polar surface area (TPSA) is 98.3 Å². The van der Waals surface area contributed by atoms with E-state index >= 15 is 0 Å². The van der Waals surface area contributed by atoms with E-state index in [-0.39, 0.29) is 17.7 Å². The molecule has 10 heteroatoms. The van der Waals surface area contributed by atoms with Crippen LogP contribution in [-0.4, -0.2) is 46.8 Å². The van der Waals surface area contributed by atoms with Crippen molar-refractivity contribution in [2.75, 3.05) is 30.5 Å². The molecule has 0 saturated carbocycles. The molecule has 180 valence electrons. The molecule has 1 fully saturated rings. The lowest BCUT2D eigenvalue weighted by molar-refractivity contribution is 0.0526. The molecule has 1 atom stereocenters. The maximum atomic E-state index is 13.5. The summed E-state index contributed by atoms with van der Waals surface area (Å²) in [5.41, 5.74) is 2.21. The molecule has 0 aliphatic carbocycles. The zero-order valence-electron chi connectivity index (χ0n) is 19.3. The first-order valence-electron chi connectivity index (χ1n) is 11.1. The predicted octanol–water partition coefficient (Wildman–Crippen LogP) is 5.48. The summed E-state index contributed by atoms with van der Waals surface area (Å²) >= 11 is 5.87. The third kappa shape index (κ3) is 6.39. The lowest BCUT2D eigenvalue weighted by Gasteiger charge is -2.17. The Bertz CT molecular complexity index is 1130. The van der Waals surface area contributed by atoms with Gasteiger partial charge in [0.15, 0.2) is 0 Å². The van der Waals surface area contributed by atoms with Gasteiger partial charge in [-0.2, -0.15) is 4.98 Å². The fraction of sp³-hybridized carbons (Fsp3) is 0.333. The number of aromatic nitrogens is 3. The molecule has 1 aromatic carbocycles. The van der Waals surface area contributed by atoms with E-state index in [1.165, 1.54) is 18.3 Å². The molecule has 3 heterocycles. The molecule has 0 bridgehead atoms. The van der Waals surface area contributed by atoms with Gasteiger partial charge in [-0.3, -0.25) is 4.98 Å². The summed E-state index contributed by atoms with van der Waals surface area (Å²) in [6.07, 6.45) is 5.55. The van der Waals surface area contributed by atoms with Gasteiger partial charge < -0.3 is 20.1 Å².